The van der Waals surface area contributed by atoms with Crippen molar-refractivity contribution in [2.24, 2.45) is 5.92 Å². The molecule has 1 aromatic carbocycles. The second kappa shape index (κ2) is 8.84. The topological polar surface area (TPSA) is 44.7 Å². The Morgan fingerprint density at radius 1 is 1.17 bits per heavy atom. The van der Waals surface area contributed by atoms with Crippen molar-refractivity contribution >= 4 is 0 Å². The molecule has 4 nitrogen and oxygen atoms in total. The van der Waals surface area contributed by atoms with Gasteiger partial charge in [0.1, 0.15) is 5.75 Å². The van der Waals surface area contributed by atoms with Gasteiger partial charge in [0.05, 0.1) is 13.2 Å². The Morgan fingerprint density at radius 2 is 1.88 bits per heavy atom. The number of ether oxygens (including phenoxy) is 1. The number of nitrogens with one attached hydrogen (secondary N) is 1. The van der Waals surface area contributed by atoms with Crippen LogP contribution in [0.4, 0.5) is 0 Å². The lowest BCUT2D eigenvalue weighted by molar-refractivity contribution is 0.117. The number of para-hydroxylation sites is 1. The molecule has 2 atom stereocenters. The van der Waals surface area contributed by atoms with E-state index in [2.05, 4.69) is 22.3 Å². The number of hydrogen-bond acceptors (Lipinski definition) is 4. The average molecular weight is 332 g/mol. The molecule has 24 heavy (non-hydrogen) atoms. The van der Waals surface area contributed by atoms with Crippen molar-refractivity contribution in [2.75, 3.05) is 33.3 Å². The molecule has 2 aliphatic rings. The molecule has 1 saturated heterocycles. The smallest absolute Gasteiger partial charge is 0.123 e. The number of nitrogens with zero attached hydrogens (tertiary/aromatic N) is 1. The summed E-state index contributed by atoms with van der Waals surface area (Å²) in [5, 5.41) is 14.1. The van der Waals surface area contributed by atoms with Crippen LogP contribution in [0.2, 0.25) is 0 Å². The molecule has 1 heterocycles. The van der Waals surface area contributed by atoms with Crippen LogP contribution in [0.5, 0.6) is 5.75 Å². The quantitative estimate of drug-likeness (QED) is 0.768. The van der Waals surface area contributed by atoms with E-state index in [0.717, 1.165) is 25.4 Å². The number of rotatable bonds is 8. The fraction of sp³-hybridized carbons (Fsp3) is 0.700. The van der Waals surface area contributed by atoms with Crippen molar-refractivity contribution in [3.63, 3.8) is 0 Å². The Morgan fingerprint density at radius 3 is 2.58 bits per heavy atom. The van der Waals surface area contributed by atoms with Gasteiger partial charge >= 0.3 is 0 Å². The van der Waals surface area contributed by atoms with E-state index in [4.69, 9.17) is 4.74 Å². The SMILES string of the molecule is COc1ccccc1C(NCC(O)CN1CCCC1)C1CCCC1. The molecule has 0 aromatic heterocycles. The summed E-state index contributed by atoms with van der Waals surface area (Å²) in [5.74, 6) is 1.59. The number of aliphatic hydroxyl groups excluding tert-OH is 1. The molecule has 0 amide bonds. The van der Waals surface area contributed by atoms with Crippen molar-refractivity contribution < 1.29 is 9.84 Å². The molecule has 0 bridgehead atoms. The van der Waals surface area contributed by atoms with Crippen LogP contribution >= 0.6 is 0 Å². The number of β-amino-alcohol motifs (C(OH)–C–C–N with tert-alkyl or cyclic N) is 1. The molecule has 3 rings (SSSR count). The van der Waals surface area contributed by atoms with Crippen LogP contribution in [0.25, 0.3) is 0 Å². The first kappa shape index (κ1) is 17.7. The Kier molecular flexibility index (Phi) is 6.52. The minimum atomic E-state index is -0.304. The van der Waals surface area contributed by atoms with Gasteiger partial charge in [-0.1, -0.05) is 31.0 Å². The lowest BCUT2D eigenvalue weighted by atomic mass is 9.91. The van der Waals surface area contributed by atoms with E-state index in [1.165, 1.54) is 44.1 Å². The monoisotopic (exact) mass is 332 g/mol. The van der Waals surface area contributed by atoms with Crippen molar-refractivity contribution in [2.45, 2.75) is 50.7 Å². The van der Waals surface area contributed by atoms with Crippen molar-refractivity contribution in [3.8, 4) is 5.75 Å². The highest BCUT2D eigenvalue weighted by atomic mass is 16.5. The van der Waals surface area contributed by atoms with E-state index in [-0.39, 0.29) is 12.1 Å². The molecular formula is C20H32N2O2. The number of aliphatic hydroxyl groups is 1. The maximum atomic E-state index is 10.4. The lowest BCUT2D eigenvalue weighted by Crippen LogP contribution is -2.39. The standard InChI is InChI=1S/C20H32N2O2/c1-24-19-11-5-4-10-18(19)20(16-8-2-3-9-16)21-14-17(23)15-22-12-6-7-13-22/h4-5,10-11,16-17,20-21,23H,2-3,6-9,12-15H2,1H3. The largest absolute Gasteiger partial charge is 0.496 e. The van der Waals surface area contributed by atoms with Crippen LogP contribution in [0.15, 0.2) is 24.3 Å². The molecule has 2 N–H and O–H groups in total. The Balaban J connectivity index is 1.63. The summed E-state index contributed by atoms with van der Waals surface area (Å²) in [6.45, 7) is 3.71. The summed E-state index contributed by atoms with van der Waals surface area (Å²) >= 11 is 0. The van der Waals surface area contributed by atoms with Crippen LogP contribution in [0, 0.1) is 5.92 Å². The molecule has 1 aliphatic heterocycles. The van der Waals surface area contributed by atoms with E-state index in [1.807, 2.05) is 12.1 Å². The maximum Gasteiger partial charge on any atom is 0.123 e. The van der Waals surface area contributed by atoms with Crippen LogP contribution < -0.4 is 10.1 Å². The number of hydrogen-bond donors (Lipinski definition) is 2. The number of likely N-dealkylation sites (tertiary alicyclic amines) is 1. The predicted molar refractivity (Wildman–Crippen MR) is 97.4 cm³/mol. The molecule has 134 valence electrons. The summed E-state index contributed by atoms with van der Waals surface area (Å²) in [6.07, 6.45) is 7.39. The molecule has 0 radical (unpaired) electrons. The van der Waals surface area contributed by atoms with Crippen LogP contribution in [0.1, 0.15) is 50.1 Å². The first-order valence-corrected chi connectivity index (χ1v) is 9.54. The van der Waals surface area contributed by atoms with E-state index in [1.54, 1.807) is 7.11 Å². The molecule has 4 heteroatoms. The van der Waals surface area contributed by atoms with Gasteiger partial charge in [0.25, 0.3) is 0 Å². The maximum absolute atomic E-state index is 10.4. The average Bonchev–Trinajstić information content (AvgIpc) is 3.29. The summed E-state index contributed by atoms with van der Waals surface area (Å²) in [6, 6.07) is 8.59. The van der Waals surface area contributed by atoms with Crippen LogP contribution in [-0.4, -0.2) is 49.4 Å². The Labute approximate surface area is 146 Å². The van der Waals surface area contributed by atoms with Gasteiger partial charge in [-0.15, -0.1) is 0 Å². The van der Waals surface area contributed by atoms with Gasteiger partial charge in [0.15, 0.2) is 0 Å². The fourth-order valence-electron chi connectivity index (χ4n) is 4.34. The Hall–Kier alpha value is -1.10. The van der Waals surface area contributed by atoms with E-state index < -0.39 is 0 Å². The zero-order valence-electron chi connectivity index (χ0n) is 14.9. The van der Waals surface area contributed by atoms with Gasteiger partial charge in [-0.3, -0.25) is 0 Å². The fourth-order valence-corrected chi connectivity index (χ4v) is 4.34. The van der Waals surface area contributed by atoms with E-state index >= 15 is 0 Å². The van der Waals surface area contributed by atoms with Gasteiger partial charge < -0.3 is 20.1 Å². The van der Waals surface area contributed by atoms with Gasteiger partial charge in [0.2, 0.25) is 0 Å². The van der Waals surface area contributed by atoms with Gasteiger partial charge in [-0.2, -0.15) is 0 Å². The highest BCUT2D eigenvalue weighted by Gasteiger charge is 2.28. The predicted octanol–water partition coefficient (Wildman–Crippen LogP) is 2.97. The molecule has 2 fully saturated rings. The van der Waals surface area contributed by atoms with Gasteiger partial charge in [-0.25, -0.2) is 0 Å². The van der Waals surface area contributed by atoms with Crippen LogP contribution in [0.3, 0.4) is 0 Å². The van der Waals surface area contributed by atoms with Gasteiger partial charge in [0, 0.05) is 24.7 Å². The van der Waals surface area contributed by atoms with Crippen LogP contribution in [-0.2, 0) is 0 Å². The molecule has 1 saturated carbocycles. The first-order chi connectivity index (χ1) is 11.8. The zero-order chi connectivity index (χ0) is 16.8. The zero-order valence-corrected chi connectivity index (χ0v) is 14.9. The first-order valence-electron chi connectivity index (χ1n) is 9.54. The second-order valence-electron chi connectivity index (χ2n) is 7.33. The lowest BCUT2D eigenvalue weighted by Gasteiger charge is -2.28. The molecule has 1 aromatic rings. The van der Waals surface area contributed by atoms with Gasteiger partial charge in [-0.05, 0) is 50.8 Å². The molecular weight excluding hydrogens is 300 g/mol. The summed E-state index contributed by atoms with van der Waals surface area (Å²) in [4.78, 5) is 2.38. The normalized spacial score (nSPS) is 21.9. The highest BCUT2D eigenvalue weighted by molar-refractivity contribution is 5.36. The molecule has 0 spiro atoms. The van der Waals surface area contributed by atoms with Crippen molar-refractivity contribution in [1.82, 2.24) is 10.2 Å². The third kappa shape index (κ3) is 4.50. The Bertz CT molecular complexity index is 496. The number of methoxy groups -OCH3 is 1. The van der Waals surface area contributed by atoms with E-state index in [0.29, 0.717) is 12.5 Å². The highest BCUT2D eigenvalue weighted by Crippen LogP contribution is 2.38. The third-order valence-corrected chi connectivity index (χ3v) is 5.59. The second-order valence-corrected chi connectivity index (χ2v) is 7.33. The minimum absolute atomic E-state index is 0.275. The third-order valence-electron chi connectivity index (χ3n) is 5.59. The molecule has 1 aliphatic carbocycles. The van der Waals surface area contributed by atoms with E-state index in [9.17, 15) is 5.11 Å². The minimum Gasteiger partial charge on any atom is -0.496 e. The summed E-state index contributed by atoms with van der Waals surface area (Å²) in [7, 11) is 1.74. The van der Waals surface area contributed by atoms with Crippen molar-refractivity contribution in [1.29, 1.82) is 0 Å². The molecule has 2 unspecified atom stereocenters. The summed E-state index contributed by atoms with van der Waals surface area (Å²) < 4.78 is 5.59. The summed E-state index contributed by atoms with van der Waals surface area (Å²) in [5.41, 5.74) is 1.24. The number of benzene rings is 1. The van der Waals surface area contributed by atoms with Crippen molar-refractivity contribution in [3.05, 3.63) is 29.8 Å².